The van der Waals surface area contributed by atoms with Gasteiger partial charge in [0.2, 0.25) is 5.91 Å². The number of nitrogens with one attached hydrogen (secondary N) is 1. The van der Waals surface area contributed by atoms with E-state index in [-0.39, 0.29) is 5.91 Å². The van der Waals surface area contributed by atoms with Crippen LogP contribution in [0.5, 0.6) is 0 Å². The van der Waals surface area contributed by atoms with E-state index in [1.807, 2.05) is 4.90 Å². The molecule has 0 unspecified atom stereocenters. The van der Waals surface area contributed by atoms with Gasteiger partial charge in [-0.2, -0.15) is 0 Å². The summed E-state index contributed by atoms with van der Waals surface area (Å²) in [6, 6.07) is 8.46. The van der Waals surface area contributed by atoms with Crippen LogP contribution in [-0.4, -0.2) is 36.2 Å². The first kappa shape index (κ1) is 15.4. The maximum atomic E-state index is 12.1. The number of nitrogens with zero attached hydrogens (tertiary/aromatic N) is 1. The summed E-state index contributed by atoms with van der Waals surface area (Å²) in [5.41, 5.74) is 1.28. The first-order valence-electron chi connectivity index (χ1n) is 7.50. The lowest BCUT2D eigenvalue weighted by Crippen LogP contribution is -2.36. The lowest BCUT2D eigenvalue weighted by molar-refractivity contribution is -0.129. The summed E-state index contributed by atoms with van der Waals surface area (Å²) >= 11 is 1.65. The SMILES string of the molecule is CCNCc1cccc(SCC(=O)N2CCCCC2)c1. The average Bonchev–Trinajstić information content (AvgIpc) is 2.52. The van der Waals surface area contributed by atoms with Gasteiger partial charge >= 0.3 is 0 Å². The molecular formula is C16H24N2OS. The van der Waals surface area contributed by atoms with E-state index >= 15 is 0 Å². The van der Waals surface area contributed by atoms with Gasteiger partial charge in [0.25, 0.3) is 0 Å². The van der Waals surface area contributed by atoms with E-state index in [2.05, 4.69) is 36.5 Å². The molecule has 1 aliphatic rings. The first-order valence-corrected chi connectivity index (χ1v) is 8.48. The number of hydrogen-bond donors (Lipinski definition) is 1. The molecule has 110 valence electrons. The van der Waals surface area contributed by atoms with Crippen LogP contribution < -0.4 is 5.32 Å². The Kier molecular flexibility index (Phi) is 6.40. The number of benzene rings is 1. The molecule has 3 nitrogen and oxygen atoms in total. The van der Waals surface area contributed by atoms with Gasteiger partial charge < -0.3 is 10.2 Å². The van der Waals surface area contributed by atoms with Gasteiger partial charge in [-0.05, 0) is 43.5 Å². The van der Waals surface area contributed by atoms with Crippen LogP contribution in [0.3, 0.4) is 0 Å². The van der Waals surface area contributed by atoms with E-state index in [0.717, 1.165) is 39.0 Å². The number of carbonyl (C=O) groups is 1. The lowest BCUT2D eigenvalue weighted by Gasteiger charge is -2.26. The summed E-state index contributed by atoms with van der Waals surface area (Å²) in [4.78, 5) is 15.3. The predicted molar refractivity (Wildman–Crippen MR) is 85.0 cm³/mol. The average molecular weight is 292 g/mol. The van der Waals surface area contributed by atoms with Crippen molar-refractivity contribution in [3.05, 3.63) is 29.8 Å². The first-order chi connectivity index (χ1) is 9.79. The smallest absolute Gasteiger partial charge is 0.232 e. The highest BCUT2D eigenvalue weighted by Gasteiger charge is 2.16. The number of amides is 1. The Morgan fingerprint density at radius 2 is 2.10 bits per heavy atom. The van der Waals surface area contributed by atoms with Crippen molar-refractivity contribution in [1.82, 2.24) is 10.2 Å². The Balaban J connectivity index is 1.82. The molecular weight excluding hydrogens is 268 g/mol. The molecule has 0 atom stereocenters. The van der Waals surface area contributed by atoms with Gasteiger partial charge in [-0.15, -0.1) is 11.8 Å². The molecule has 1 aromatic rings. The maximum Gasteiger partial charge on any atom is 0.232 e. The Labute approximate surface area is 126 Å². The molecule has 1 fully saturated rings. The zero-order valence-electron chi connectivity index (χ0n) is 12.2. The van der Waals surface area contributed by atoms with Crippen molar-refractivity contribution in [3.8, 4) is 0 Å². The quantitative estimate of drug-likeness (QED) is 0.818. The zero-order chi connectivity index (χ0) is 14.2. The molecule has 0 radical (unpaired) electrons. The molecule has 1 heterocycles. The van der Waals surface area contributed by atoms with Gasteiger partial charge in [-0.1, -0.05) is 19.1 Å². The summed E-state index contributed by atoms with van der Waals surface area (Å²) in [6.45, 7) is 5.87. The van der Waals surface area contributed by atoms with Gasteiger partial charge in [0.1, 0.15) is 0 Å². The Bertz CT molecular complexity index is 430. The molecule has 2 rings (SSSR count). The molecule has 0 aliphatic carbocycles. The molecule has 0 aromatic heterocycles. The minimum Gasteiger partial charge on any atom is -0.342 e. The third-order valence-corrected chi connectivity index (χ3v) is 4.53. The van der Waals surface area contributed by atoms with Crippen molar-refractivity contribution >= 4 is 17.7 Å². The highest BCUT2D eigenvalue weighted by Crippen LogP contribution is 2.20. The molecule has 1 saturated heterocycles. The van der Waals surface area contributed by atoms with Crippen molar-refractivity contribution in [1.29, 1.82) is 0 Å². The summed E-state index contributed by atoms with van der Waals surface area (Å²) in [5.74, 6) is 0.844. The predicted octanol–water partition coefficient (Wildman–Crippen LogP) is 2.90. The third-order valence-electron chi connectivity index (χ3n) is 3.55. The van der Waals surface area contributed by atoms with Crippen LogP contribution in [0.25, 0.3) is 0 Å². The van der Waals surface area contributed by atoms with E-state index < -0.39 is 0 Å². The Hall–Kier alpha value is -1.00. The number of hydrogen-bond acceptors (Lipinski definition) is 3. The van der Waals surface area contributed by atoms with Crippen molar-refractivity contribution < 1.29 is 4.79 Å². The van der Waals surface area contributed by atoms with Crippen molar-refractivity contribution in [2.75, 3.05) is 25.4 Å². The lowest BCUT2D eigenvalue weighted by atomic mass is 10.1. The minimum atomic E-state index is 0.284. The van der Waals surface area contributed by atoms with Crippen LogP contribution >= 0.6 is 11.8 Å². The van der Waals surface area contributed by atoms with Crippen LogP contribution in [0.4, 0.5) is 0 Å². The van der Waals surface area contributed by atoms with Crippen molar-refractivity contribution in [3.63, 3.8) is 0 Å². The maximum absolute atomic E-state index is 12.1. The molecule has 0 saturated carbocycles. The molecule has 1 N–H and O–H groups in total. The van der Waals surface area contributed by atoms with E-state index in [1.54, 1.807) is 11.8 Å². The van der Waals surface area contributed by atoms with Crippen LogP contribution in [0.1, 0.15) is 31.7 Å². The molecule has 20 heavy (non-hydrogen) atoms. The normalized spacial score (nSPS) is 15.3. The molecule has 4 heteroatoms. The summed E-state index contributed by atoms with van der Waals surface area (Å²) in [6.07, 6.45) is 3.59. The molecule has 1 amide bonds. The second kappa shape index (κ2) is 8.32. The highest BCUT2D eigenvalue weighted by atomic mass is 32.2. The number of rotatable bonds is 6. The van der Waals surface area contributed by atoms with Crippen LogP contribution in [0.2, 0.25) is 0 Å². The highest BCUT2D eigenvalue weighted by molar-refractivity contribution is 8.00. The van der Waals surface area contributed by atoms with E-state index in [0.29, 0.717) is 5.75 Å². The standard InChI is InChI=1S/C16H24N2OS/c1-2-17-12-14-7-6-8-15(11-14)20-13-16(19)18-9-4-3-5-10-18/h6-8,11,17H,2-5,9-10,12-13H2,1H3. The fourth-order valence-corrected chi connectivity index (χ4v) is 3.28. The molecule has 1 aliphatic heterocycles. The second-order valence-corrected chi connectivity index (χ2v) is 6.21. The largest absolute Gasteiger partial charge is 0.342 e. The van der Waals surface area contributed by atoms with E-state index in [4.69, 9.17) is 0 Å². The van der Waals surface area contributed by atoms with Gasteiger partial charge in [-0.3, -0.25) is 4.79 Å². The fraction of sp³-hybridized carbons (Fsp3) is 0.562. The molecule has 1 aromatic carbocycles. The topological polar surface area (TPSA) is 32.3 Å². The monoisotopic (exact) mass is 292 g/mol. The van der Waals surface area contributed by atoms with Crippen molar-refractivity contribution in [2.45, 2.75) is 37.6 Å². The summed E-state index contributed by atoms with van der Waals surface area (Å²) < 4.78 is 0. The molecule has 0 spiro atoms. The number of carbonyl (C=O) groups excluding carboxylic acids is 1. The number of likely N-dealkylation sites (tertiary alicyclic amines) is 1. The van der Waals surface area contributed by atoms with Crippen molar-refractivity contribution in [2.24, 2.45) is 0 Å². The Morgan fingerprint density at radius 1 is 1.30 bits per heavy atom. The third kappa shape index (κ3) is 4.84. The van der Waals surface area contributed by atoms with Crippen LogP contribution in [0.15, 0.2) is 29.2 Å². The van der Waals surface area contributed by atoms with Crippen LogP contribution in [-0.2, 0) is 11.3 Å². The number of thioether (sulfide) groups is 1. The molecule has 0 bridgehead atoms. The van der Waals surface area contributed by atoms with Gasteiger partial charge in [-0.25, -0.2) is 0 Å². The van der Waals surface area contributed by atoms with Gasteiger partial charge in [0.05, 0.1) is 5.75 Å². The second-order valence-electron chi connectivity index (χ2n) is 5.16. The summed E-state index contributed by atoms with van der Waals surface area (Å²) in [7, 11) is 0. The summed E-state index contributed by atoms with van der Waals surface area (Å²) in [5, 5.41) is 3.32. The minimum absolute atomic E-state index is 0.284. The van der Waals surface area contributed by atoms with Crippen LogP contribution in [0, 0.1) is 0 Å². The van der Waals surface area contributed by atoms with E-state index in [1.165, 1.54) is 16.9 Å². The fourth-order valence-electron chi connectivity index (χ4n) is 2.39. The van der Waals surface area contributed by atoms with E-state index in [9.17, 15) is 4.79 Å². The van der Waals surface area contributed by atoms with Gasteiger partial charge in [0, 0.05) is 24.5 Å². The zero-order valence-corrected chi connectivity index (χ0v) is 13.0. The number of piperidine rings is 1. The van der Waals surface area contributed by atoms with Gasteiger partial charge in [0.15, 0.2) is 0 Å². The Morgan fingerprint density at radius 3 is 2.85 bits per heavy atom.